The highest BCUT2D eigenvalue weighted by molar-refractivity contribution is 5.91. The van der Waals surface area contributed by atoms with Crippen molar-refractivity contribution in [3.05, 3.63) is 28.2 Å². The number of aryl methyl sites for hydroxylation is 1. The third-order valence-corrected chi connectivity index (χ3v) is 3.85. The maximum absolute atomic E-state index is 12.2. The normalized spacial score (nSPS) is 18.1. The van der Waals surface area contributed by atoms with Crippen LogP contribution < -0.4 is 10.3 Å². The van der Waals surface area contributed by atoms with Crippen LogP contribution in [0.15, 0.2) is 17.2 Å². The molecule has 2 N–H and O–H groups in total. The van der Waals surface area contributed by atoms with Crippen molar-refractivity contribution in [2.45, 2.75) is 32.5 Å². The van der Waals surface area contributed by atoms with Crippen LogP contribution in [0.4, 0.5) is 5.95 Å². The molecule has 1 aliphatic heterocycles. The molecule has 1 fully saturated rings. The van der Waals surface area contributed by atoms with Gasteiger partial charge in [-0.2, -0.15) is 4.98 Å². The van der Waals surface area contributed by atoms with Crippen molar-refractivity contribution >= 4 is 23.0 Å². The predicted octanol–water partition coefficient (Wildman–Crippen LogP) is 0.428. The number of carboxylic acids is 1. The van der Waals surface area contributed by atoms with Crippen LogP contribution in [0.2, 0.25) is 0 Å². The molecule has 2 aromatic heterocycles. The van der Waals surface area contributed by atoms with Gasteiger partial charge in [-0.3, -0.25) is 4.79 Å². The lowest BCUT2D eigenvalue weighted by Crippen LogP contribution is -2.30. The number of aromatic carboxylic acids is 1. The number of hydrogen-bond acceptors (Lipinski definition) is 6. The molecular weight excluding hydrogens is 288 g/mol. The SMILES string of the molecule is CCn1cc(C(=O)O)c(=O)c2cnc(N3CCCC3O)nc21. The van der Waals surface area contributed by atoms with Crippen LogP contribution in [0.1, 0.15) is 30.1 Å². The Balaban J connectivity index is 2.22. The number of fused-ring (bicyclic) bond motifs is 1. The molecule has 1 saturated heterocycles. The third-order valence-electron chi connectivity index (χ3n) is 3.85. The molecule has 22 heavy (non-hydrogen) atoms. The van der Waals surface area contributed by atoms with Crippen LogP contribution in [-0.4, -0.2) is 43.5 Å². The monoisotopic (exact) mass is 304 g/mol. The zero-order valence-corrected chi connectivity index (χ0v) is 12.1. The highest BCUT2D eigenvalue weighted by Gasteiger charge is 2.25. The Hall–Kier alpha value is -2.48. The van der Waals surface area contributed by atoms with E-state index in [-0.39, 0.29) is 10.9 Å². The number of aromatic nitrogens is 3. The average molecular weight is 304 g/mol. The summed E-state index contributed by atoms with van der Waals surface area (Å²) in [6, 6.07) is 0. The highest BCUT2D eigenvalue weighted by Crippen LogP contribution is 2.22. The molecule has 116 valence electrons. The Morgan fingerprint density at radius 3 is 2.86 bits per heavy atom. The summed E-state index contributed by atoms with van der Waals surface area (Å²) in [7, 11) is 0. The summed E-state index contributed by atoms with van der Waals surface area (Å²) in [6.45, 7) is 2.95. The van der Waals surface area contributed by atoms with Crippen LogP contribution in [0, 0.1) is 0 Å². The van der Waals surface area contributed by atoms with E-state index in [1.165, 1.54) is 12.4 Å². The first-order chi connectivity index (χ1) is 10.5. The van der Waals surface area contributed by atoms with Crippen molar-refractivity contribution in [3.8, 4) is 0 Å². The molecule has 0 spiro atoms. The molecule has 1 aliphatic rings. The number of rotatable bonds is 3. The highest BCUT2D eigenvalue weighted by atomic mass is 16.4. The van der Waals surface area contributed by atoms with E-state index in [2.05, 4.69) is 9.97 Å². The Morgan fingerprint density at radius 2 is 2.27 bits per heavy atom. The van der Waals surface area contributed by atoms with Gasteiger partial charge in [0, 0.05) is 25.5 Å². The summed E-state index contributed by atoms with van der Waals surface area (Å²) in [5, 5.41) is 19.2. The van der Waals surface area contributed by atoms with Gasteiger partial charge in [0.05, 0.1) is 5.39 Å². The molecule has 1 unspecified atom stereocenters. The van der Waals surface area contributed by atoms with Gasteiger partial charge in [0.2, 0.25) is 11.4 Å². The first-order valence-electron chi connectivity index (χ1n) is 7.11. The van der Waals surface area contributed by atoms with Crippen LogP contribution in [0.3, 0.4) is 0 Å². The molecule has 3 heterocycles. The minimum atomic E-state index is -1.27. The lowest BCUT2D eigenvalue weighted by atomic mass is 10.2. The number of carboxylic acid groups (broad SMARTS) is 1. The molecule has 0 radical (unpaired) electrons. The van der Waals surface area contributed by atoms with Gasteiger partial charge in [0.25, 0.3) is 0 Å². The van der Waals surface area contributed by atoms with Gasteiger partial charge in [0.15, 0.2) is 0 Å². The number of nitrogens with zero attached hydrogens (tertiary/aromatic N) is 4. The molecule has 2 aromatic rings. The molecule has 8 nitrogen and oxygen atoms in total. The number of anilines is 1. The number of hydrogen-bond donors (Lipinski definition) is 2. The zero-order valence-electron chi connectivity index (χ0n) is 12.1. The average Bonchev–Trinajstić information content (AvgIpc) is 2.93. The zero-order chi connectivity index (χ0) is 15.9. The van der Waals surface area contributed by atoms with Gasteiger partial charge >= 0.3 is 5.97 Å². The fraction of sp³-hybridized carbons (Fsp3) is 0.429. The van der Waals surface area contributed by atoms with E-state index in [9.17, 15) is 14.7 Å². The third kappa shape index (κ3) is 2.21. The Kier molecular flexibility index (Phi) is 3.53. The Labute approximate surface area is 125 Å². The van der Waals surface area contributed by atoms with Crippen molar-refractivity contribution < 1.29 is 15.0 Å². The summed E-state index contributed by atoms with van der Waals surface area (Å²) in [5.41, 5.74) is -0.519. The van der Waals surface area contributed by atoms with E-state index in [1.54, 1.807) is 9.47 Å². The minimum absolute atomic E-state index is 0.166. The van der Waals surface area contributed by atoms with Gasteiger partial charge in [-0.15, -0.1) is 0 Å². The lowest BCUT2D eigenvalue weighted by Gasteiger charge is -2.20. The summed E-state index contributed by atoms with van der Waals surface area (Å²) in [5.74, 6) is -0.921. The van der Waals surface area contributed by atoms with Crippen molar-refractivity contribution in [1.82, 2.24) is 14.5 Å². The molecular formula is C14H16N4O4. The van der Waals surface area contributed by atoms with Gasteiger partial charge in [-0.25, -0.2) is 9.78 Å². The first kappa shape index (κ1) is 14.5. The Bertz CT molecular complexity index is 801. The summed E-state index contributed by atoms with van der Waals surface area (Å²) >= 11 is 0. The topological polar surface area (TPSA) is 109 Å². The van der Waals surface area contributed by atoms with Crippen molar-refractivity contribution in [2.75, 3.05) is 11.4 Å². The van der Waals surface area contributed by atoms with Crippen LogP contribution in [0.5, 0.6) is 0 Å². The smallest absolute Gasteiger partial charge is 0.341 e. The van der Waals surface area contributed by atoms with Crippen molar-refractivity contribution in [2.24, 2.45) is 0 Å². The van der Waals surface area contributed by atoms with Gasteiger partial charge in [0.1, 0.15) is 17.4 Å². The van der Waals surface area contributed by atoms with Crippen molar-refractivity contribution in [3.63, 3.8) is 0 Å². The Morgan fingerprint density at radius 1 is 1.50 bits per heavy atom. The second kappa shape index (κ2) is 5.38. The maximum Gasteiger partial charge on any atom is 0.341 e. The van der Waals surface area contributed by atoms with E-state index in [0.29, 0.717) is 31.1 Å². The minimum Gasteiger partial charge on any atom is -0.477 e. The number of aliphatic hydroxyl groups excluding tert-OH is 1. The second-order valence-corrected chi connectivity index (χ2v) is 5.19. The van der Waals surface area contributed by atoms with Crippen LogP contribution in [-0.2, 0) is 6.54 Å². The number of carbonyl (C=O) groups is 1. The van der Waals surface area contributed by atoms with E-state index in [0.717, 1.165) is 6.42 Å². The second-order valence-electron chi connectivity index (χ2n) is 5.19. The van der Waals surface area contributed by atoms with Gasteiger partial charge < -0.3 is 19.7 Å². The molecule has 3 rings (SSSR count). The van der Waals surface area contributed by atoms with E-state index >= 15 is 0 Å². The first-order valence-corrected chi connectivity index (χ1v) is 7.11. The molecule has 0 saturated carbocycles. The summed E-state index contributed by atoms with van der Waals surface area (Å²) in [6.07, 6.45) is 3.51. The molecule has 0 aromatic carbocycles. The molecule has 0 bridgehead atoms. The molecule has 1 atom stereocenters. The fourth-order valence-electron chi connectivity index (χ4n) is 2.68. The van der Waals surface area contributed by atoms with Crippen molar-refractivity contribution in [1.29, 1.82) is 0 Å². The van der Waals surface area contributed by atoms with E-state index in [1.807, 2.05) is 6.92 Å². The van der Waals surface area contributed by atoms with Crippen LogP contribution >= 0.6 is 0 Å². The predicted molar refractivity (Wildman–Crippen MR) is 79.0 cm³/mol. The number of aliphatic hydroxyl groups is 1. The molecule has 0 amide bonds. The van der Waals surface area contributed by atoms with Gasteiger partial charge in [-0.1, -0.05) is 0 Å². The lowest BCUT2D eigenvalue weighted by molar-refractivity contribution is 0.0695. The maximum atomic E-state index is 12.2. The van der Waals surface area contributed by atoms with E-state index < -0.39 is 17.6 Å². The summed E-state index contributed by atoms with van der Waals surface area (Å²) < 4.78 is 1.60. The van der Waals surface area contributed by atoms with Crippen LogP contribution in [0.25, 0.3) is 11.0 Å². The summed E-state index contributed by atoms with van der Waals surface area (Å²) in [4.78, 5) is 33.5. The fourth-order valence-corrected chi connectivity index (χ4v) is 2.68. The van der Waals surface area contributed by atoms with Gasteiger partial charge in [-0.05, 0) is 19.8 Å². The quantitative estimate of drug-likeness (QED) is 0.846. The van der Waals surface area contributed by atoms with E-state index in [4.69, 9.17) is 5.11 Å². The number of pyridine rings is 1. The largest absolute Gasteiger partial charge is 0.477 e. The molecule has 0 aliphatic carbocycles. The molecule has 8 heteroatoms. The standard InChI is InChI=1S/C14H16N4O4/c1-2-17-7-9(13(21)22)11(20)8-6-15-14(16-12(8)17)18-5-3-4-10(18)19/h6-7,10,19H,2-5H2,1H3,(H,21,22).